The molecule has 2 aliphatic rings. The first-order valence-electron chi connectivity index (χ1n) is 8.78. The molecule has 1 aromatic heterocycles. The van der Waals surface area contributed by atoms with E-state index in [1.54, 1.807) is 18.0 Å². The summed E-state index contributed by atoms with van der Waals surface area (Å²) < 4.78 is 6.76. The monoisotopic (exact) mass is 334 g/mol. The molecule has 1 aromatic rings. The number of aromatic nitrogens is 2. The van der Waals surface area contributed by atoms with Crippen LogP contribution in [0.15, 0.2) is 6.07 Å². The molecule has 7 nitrogen and oxygen atoms in total. The van der Waals surface area contributed by atoms with Crippen LogP contribution in [0.1, 0.15) is 53.6 Å². The molecule has 1 N–H and O–H groups in total. The molecule has 2 atom stereocenters. The number of ether oxygens (including phenoxy) is 1. The molecule has 24 heavy (non-hydrogen) atoms. The SMILES string of the molecule is C[C@H]1CCCC[C@@H]1NC(=O)c1cc(C(=O)N2CCOCC2)nn1C. The Balaban J connectivity index is 1.68. The summed E-state index contributed by atoms with van der Waals surface area (Å²) in [7, 11) is 1.70. The smallest absolute Gasteiger partial charge is 0.274 e. The van der Waals surface area contributed by atoms with Gasteiger partial charge in [-0.2, -0.15) is 5.10 Å². The van der Waals surface area contributed by atoms with Crippen LogP contribution in [0.2, 0.25) is 0 Å². The quantitative estimate of drug-likeness (QED) is 0.901. The van der Waals surface area contributed by atoms with E-state index in [0.29, 0.717) is 43.6 Å². The molecule has 1 saturated heterocycles. The summed E-state index contributed by atoms with van der Waals surface area (Å²) in [6.45, 7) is 4.41. The van der Waals surface area contributed by atoms with E-state index in [9.17, 15) is 9.59 Å². The molecule has 2 heterocycles. The van der Waals surface area contributed by atoms with Crippen molar-refractivity contribution in [2.24, 2.45) is 13.0 Å². The lowest BCUT2D eigenvalue weighted by Crippen LogP contribution is -2.41. The van der Waals surface area contributed by atoms with Gasteiger partial charge >= 0.3 is 0 Å². The van der Waals surface area contributed by atoms with Crippen molar-refractivity contribution < 1.29 is 14.3 Å². The Labute approximate surface area is 142 Å². The van der Waals surface area contributed by atoms with Gasteiger partial charge in [0.25, 0.3) is 11.8 Å². The summed E-state index contributed by atoms with van der Waals surface area (Å²) in [6.07, 6.45) is 4.56. The lowest BCUT2D eigenvalue weighted by Gasteiger charge is -2.29. The third kappa shape index (κ3) is 3.61. The molecular formula is C17H26N4O3. The Morgan fingerprint density at radius 1 is 1.25 bits per heavy atom. The summed E-state index contributed by atoms with van der Waals surface area (Å²) in [5.74, 6) is 0.203. The highest BCUT2D eigenvalue weighted by Crippen LogP contribution is 2.24. The average Bonchev–Trinajstić information content (AvgIpc) is 2.99. The van der Waals surface area contributed by atoms with Crippen molar-refractivity contribution in [2.45, 2.75) is 38.6 Å². The first-order chi connectivity index (χ1) is 11.6. The number of carbonyl (C=O) groups excluding carboxylic acids is 2. The van der Waals surface area contributed by atoms with E-state index in [0.717, 1.165) is 19.3 Å². The maximum Gasteiger partial charge on any atom is 0.274 e. The van der Waals surface area contributed by atoms with E-state index in [1.165, 1.54) is 11.1 Å². The highest BCUT2D eigenvalue weighted by atomic mass is 16.5. The van der Waals surface area contributed by atoms with Crippen molar-refractivity contribution in [1.82, 2.24) is 20.0 Å². The number of hydrogen-bond acceptors (Lipinski definition) is 4. The number of carbonyl (C=O) groups is 2. The van der Waals surface area contributed by atoms with Gasteiger partial charge in [-0.15, -0.1) is 0 Å². The fourth-order valence-corrected chi connectivity index (χ4v) is 3.49. The number of amides is 2. The van der Waals surface area contributed by atoms with Gasteiger partial charge in [-0.1, -0.05) is 19.8 Å². The summed E-state index contributed by atoms with van der Waals surface area (Å²) in [6, 6.07) is 1.81. The molecule has 7 heteroatoms. The standard InChI is InChI=1S/C17H26N4O3/c1-12-5-3-4-6-13(12)18-16(22)15-11-14(19-20(15)2)17(23)21-7-9-24-10-8-21/h11-13H,3-10H2,1-2H3,(H,18,22)/t12-,13-/m0/s1. The van der Waals surface area contributed by atoms with E-state index in [4.69, 9.17) is 4.74 Å². The summed E-state index contributed by atoms with van der Waals surface area (Å²) in [5, 5.41) is 7.36. The fraction of sp³-hybridized carbons (Fsp3) is 0.706. The van der Waals surface area contributed by atoms with Gasteiger partial charge in [0.15, 0.2) is 5.69 Å². The van der Waals surface area contributed by atoms with Crippen LogP contribution >= 0.6 is 0 Å². The van der Waals surface area contributed by atoms with Crippen molar-refractivity contribution >= 4 is 11.8 Å². The van der Waals surface area contributed by atoms with E-state index in [2.05, 4.69) is 17.3 Å². The normalized spacial score (nSPS) is 24.7. The van der Waals surface area contributed by atoms with Crippen LogP contribution < -0.4 is 5.32 Å². The zero-order valence-corrected chi connectivity index (χ0v) is 14.5. The topological polar surface area (TPSA) is 76.5 Å². The number of morpholine rings is 1. The molecule has 1 saturated carbocycles. The van der Waals surface area contributed by atoms with Crippen LogP contribution in [0.4, 0.5) is 0 Å². The van der Waals surface area contributed by atoms with Crippen LogP contribution in [0.25, 0.3) is 0 Å². The minimum atomic E-state index is -0.148. The predicted octanol–water partition coefficient (Wildman–Crippen LogP) is 1.20. The second kappa shape index (κ2) is 7.34. The highest BCUT2D eigenvalue weighted by molar-refractivity contribution is 5.98. The molecule has 1 aliphatic carbocycles. The maximum absolute atomic E-state index is 12.6. The first-order valence-corrected chi connectivity index (χ1v) is 8.78. The predicted molar refractivity (Wildman–Crippen MR) is 88.8 cm³/mol. The molecule has 0 bridgehead atoms. The Morgan fingerprint density at radius 2 is 1.96 bits per heavy atom. The zero-order valence-electron chi connectivity index (χ0n) is 14.5. The molecular weight excluding hydrogens is 308 g/mol. The van der Waals surface area contributed by atoms with Gasteiger partial charge in [0.1, 0.15) is 5.69 Å². The Hall–Kier alpha value is -1.89. The van der Waals surface area contributed by atoms with Crippen LogP contribution in [-0.2, 0) is 11.8 Å². The van der Waals surface area contributed by atoms with Crippen LogP contribution in [-0.4, -0.2) is 58.8 Å². The minimum absolute atomic E-state index is 0.140. The summed E-state index contributed by atoms with van der Waals surface area (Å²) in [5.41, 5.74) is 0.755. The van der Waals surface area contributed by atoms with E-state index in [1.807, 2.05) is 0 Å². The van der Waals surface area contributed by atoms with Crippen LogP contribution in [0.5, 0.6) is 0 Å². The Morgan fingerprint density at radius 3 is 2.67 bits per heavy atom. The van der Waals surface area contributed by atoms with Gasteiger partial charge in [-0.05, 0) is 18.8 Å². The zero-order chi connectivity index (χ0) is 17.1. The van der Waals surface area contributed by atoms with Crippen molar-refractivity contribution in [1.29, 1.82) is 0 Å². The lowest BCUT2D eigenvalue weighted by atomic mass is 9.86. The van der Waals surface area contributed by atoms with Gasteiger partial charge in [0.2, 0.25) is 0 Å². The Bertz CT molecular complexity index is 607. The number of nitrogens with zero attached hydrogens (tertiary/aromatic N) is 3. The molecule has 2 amide bonds. The fourth-order valence-electron chi connectivity index (χ4n) is 3.49. The summed E-state index contributed by atoms with van der Waals surface area (Å²) in [4.78, 5) is 26.8. The lowest BCUT2D eigenvalue weighted by molar-refractivity contribution is 0.0298. The molecule has 0 spiro atoms. The molecule has 0 aromatic carbocycles. The molecule has 3 rings (SSSR count). The highest BCUT2D eigenvalue weighted by Gasteiger charge is 2.27. The van der Waals surface area contributed by atoms with E-state index in [-0.39, 0.29) is 17.9 Å². The number of aryl methyl sites for hydroxylation is 1. The largest absolute Gasteiger partial charge is 0.378 e. The van der Waals surface area contributed by atoms with Crippen molar-refractivity contribution in [2.75, 3.05) is 26.3 Å². The summed E-state index contributed by atoms with van der Waals surface area (Å²) >= 11 is 0. The number of nitrogens with one attached hydrogen (secondary N) is 1. The maximum atomic E-state index is 12.6. The third-order valence-electron chi connectivity index (χ3n) is 5.06. The molecule has 0 unspecified atom stereocenters. The van der Waals surface area contributed by atoms with Crippen molar-refractivity contribution in [3.63, 3.8) is 0 Å². The second-order valence-corrected chi connectivity index (χ2v) is 6.78. The van der Waals surface area contributed by atoms with Crippen LogP contribution in [0.3, 0.4) is 0 Å². The van der Waals surface area contributed by atoms with E-state index < -0.39 is 0 Å². The molecule has 1 aliphatic heterocycles. The molecule has 0 radical (unpaired) electrons. The minimum Gasteiger partial charge on any atom is -0.378 e. The van der Waals surface area contributed by atoms with Crippen LogP contribution in [0, 0.1) is 5.92 Å². The van der Waals surface area contributed by atoms with Crippen molar-refractivity contribution in [3.8, 4) is 0 Å². The Kier molecular flexibility index (Phi) is 5.18. The van der Waals surface area contributed by atoms with Gasteiger partial charge in [0.05, 0.1) is 13.2 Å². The first kappa shape index (κ1) is 17.0. The van der Waals surface area contributed by atoms with Gasteiger partial charge in [0, 0.05) is 32.2 Å². The van der Waals surface area contributed by atoms with Crippen molar-refractivity contribution in [3.05, 3.63) is 17.5 Å². The molecule has 132 valence electrons. The average molecular weight is 334 g/mol. The third-order valence-corrected chi connectivity index (χ3v) is 5.06. The van der Waals surface area contributed by atoms with Gasteiger partial charge in [-0.3, -0.25) is 14.3 Å². The number of rotatable bonds is 3. The van der Waals surface area contributed by atoms with Gasteiger partial charge in [-0.25, -0.2) is 0 Å². The van der Waals surface area contributed by atoms with Gasteiger partial charge < -0.3 is 15.0 Å². The van der Waals surface area contributed by atoms with E-state index >= 15 is 0 Å². The molecule has 2 fully saturated rings. The number of hydrogen-bond donors (Lipinski definition) is 1. The second-order valence-electron chi connectivity index (χ2n) is 6.78.